The molecule has 0 atom stereocenters. The molecule has 4 nitrogen and oxygen atoms in total. The lowest BCUT2D eigenvalue weighted by Crippen LogP contribution is -2.01. The van der Waals surface area contributed by atoms with Gasteiger partial charge in [0.15, 0.2) is 0 Å². The van der Waals surface area contributed by atoms with E-state index in [-0.39, 0.29) is 5.95 Å². The molecule has 28 heavy (non-hydrogen) atoms. The molecule has 4 rings (SSSR count). The number of fused-ring (bicyclic) bond motifs is 1. The van der Waals surface area contributed by atoms with Gasteiger partial charge in [0.05, 0.1) is 5.52 Å². The van der Waals surface area contributed by atoms with Crippen molar-refractivity contribution in [2.45, 2.75) is 26.7 Å². The molecule has 140 valence electrons. The number of benzene rings is 2. The fourth-order valence-corrected chi connectivity index (χ4v) is 3.78. The van der Waals surface area contributed by atoms with Crippen LogP contribution in [0.5, 0.6) is 0 Å². The maximum atomic E-state index is 6.02. The van der Waals surface area contributed by atoms with Crippen LogP contribution in [0.4, 0.5) is 11.8 Å². The Labute approximate surface area is 165 Å². The normalized spacial score (nSPS) is 14.7. The molecule has 0 saturated heterocycles. The van der Waals surface area contributed by atoms with Crippen LogP contribution in [0.2, 0.25) is 0 Å². The quantitative estimate of drug-likeness (QED) is 0.642. The van der Waals surface area contributed by atoms with Crippen molar-refractivity contribution in [1.29, 1.82) is 0 Å². The van der Waals surface area contributed by atoms with Crippen molar-refractivity contribution in [3.05, 3.63) is 83.0 Å². The molecule has 0 fully saturated rings. The van der Waals surface area contributed by atoms with Gasteiger partial charge in [-0.2, -0.15) is 4.98 Å². The van der Waals surface area contributed by atoms with Crippen molar-refractivity contribution in [2.24, 2.45) is 0 Å². The van der Waals surface area contributed by atoms with Crippen LogP contribution in [0.3, 0.4) is 0 Å². The van der Waals surface area contributed by atoms with E-state index in [1.54, 1.807) is 0 Å². The van der Waals surface area contributed by atoms with Crippen molar-refractivity contribution in [2.75, 3.05) is 11.5 Å². The highest BCUT2D eigenvalue weighted by molar-refractivity contribution is 6.08. The maximum absolute atomic E-state index is 6.02. The molecule has 2 aromatic carbocycles. The van der Waals surface area contributed by atoms with Crippen LogP contribution in [-0.2, 0) is 0 Å². The Bertz CT molecular complexity index is 1150. The predicted octanol–water partition coefficient (Wildman–Crippen LogP) is 5.31. The Kier molecular flexibility index (Phi) is 4.70. The zero-order valence-electron chi connectivity index (χ0n) is 16.2. The SMILES string of the molecule is CC1=C(c2cccc(C)c2)C(c2ccc3c(N)nc(N)nc3c2)=CC=CCC1. The summed E-state index contributed by atoms with van der Waals surface area (Å²) in [6.07, 6.45) is 8.63. The van der Waals surface area contributed by atoms with Gasteiger partial charge in [0.1, 0.15) is 5.82 Å². The van der Waals surface area contributed by atoms with Gasteiger partial charge in [0.2, 0.25) is 5.95 Å². The van der Waals surface area contributed by atoms with Crippen molar-refractivity contribution < 1.29 is 0 Å². The molecule has 1 heterocycles. The van der Waals surface area contributed by atoms with E-state index >= 15 is 0 Å². The van der Waals surface area contributed by atoms with Crippen LogP contribution in [0.15, 0.2) is 66.3 Å². The Morgan fingerprint density at radius 1 is 0.929 bits per heavy atom. The lowest BCUT2D eigenvalue weighted by atomic mass is 9.85. The summed E-state index contributed by atoms with van der Waals surface area (Å²) in [6, 6.07) is 14.8. The minimum absolute atomic E-state index is 0.194. The molecule has 0 radical (unpaired) electrons. The highest BCUT2D eigenvalue weighted by Gasteiger charge is 2.16. The topological polar surface area (TPSA) is 77.8 Å². The van der Waals surface area contributed by atoms with Crippen molar-refractivity contribution in [3.8, 4) is 0 Å². The van der Waals surface area contributed by atoms with Gasteiger partial charge in [-0.1, -0.05) is 59.7 Å². The smallest absolute Gasteiger partial charge is 0.222 e. The number of nitrogen functional groups attached to an aromatic ring is 2. The average Bonchev–Trinajstić information content (AvgIpc) is 2.64. The summed E-state index contributed by atoms with van der Waals surface area (Å²) < 4.78 is 0. The first-order valence-corrected chi connectivity index (χ1v) is 9.50. The molecule has 0 amide bonds. The van der Waals surface area contributed by atoms with Crippen LogP contribution in [0.25, 0.3) is 22.0 Å². The monoisotopic (exact) mass is 368 g/mol. The van der Waals surface area contributed by atoms with Gasteiger partial charge in [-0.05, 0) is 61.1 Å². The summed E-state index contributed by atoms with van der Waals surface area (Å²) in [5.41, 5.74) is 20.0. The van der Waals surface area contributed by atoms with Gasteiger partial charge in [0.25, 0.3) is 0 Å². The van der Waals surface area contributed by atoms with Crippen molar-refractivity contribution >= 4 is 33.8 Å². The molecule has 0 aliphatic heterocycles. The molecule has 0 spiro atoms. The van der Waals surface area contributed by atoms with Crippen molar-refractivity contribution in [1.82, 2.24) is 9.97 Å². The number of aromatic nitrogens is 2. The Balaban J connectivity index is 1.94. The lowest BCUT2D eigenvalue weighted by molar-refractivity contribution is 0.980. The first-order chi connectivity index (χ1) is 13.5. The Morgan fingerprint density at radius 2 is 1.79 bits per heavy atom. The summed E-state index contributed by atoms with van der Waals surface area (Å²) in [6.45, 7) is 4.36. The zero-order chi connectivity index (χ0) is 19.7. The third-order valence-electron chi connectivity index (χ3n) is 5.14. The van der Waals surface area contributed by atoms with Crippen LogP contribution in [-0.4, -0.2) is 9.97 Å². The maximum Gasteiger partial charge on any atom is 0.222 e. The van der Waals surface area contributed by atoms with E-state index in [9.17, 15) is 0 Å². The number of hydrogen-bond donors (Lipinski definition) is 2. The van der Waals surface area contributed by atoms with Gasteiger partial charge in [-0.3, -0.25) is 0 Å². The van der Waals surface area contributed by atoms with Crippen molar-refractivity contribution in [3.63, 3.8) is 0 Å². The largest absolute Gasteiger partial charge is 0.383 e. The predicted molar refractivity (Wildman–Crippen MR) is 118 cm³/mol. The number of nitrogens with zero attached hydrogens (tertiary/aromatic N) is 2. The van der Waals surface area contributed by atoms with Gasteiger partial charge >= 0.3 is 0 Å². The standard InChI is InChI=1S/C24H24N4/c1-15-7-6-9-18(13-15)22-16(2)8-4-3-5-10-19(22)17-11-12-20-21(14-17)27-24(26)28-23(20)25/h3,5-7,9-14H,4,8H2,1-2H3,(H4,25,26,27,28). The van der Waals surface area contributed by atoms with E-state index in [2.05, 4.69) is 72.4 Å². The van der Waals surface area contributed by atoms with E-state index in [1.807, 2.05) is 12.1 Å². The van der Waals surface area contributed by atoms with E-state index in [1.165, 1.54) is 27.8 Å². The molecule has 0 bridgehead atoms. The molecular formula is C24H24N4. The molecule has 1 aromatic heterocycles. The van der Waals surface area contributed by atoms with Crippen LogP contribution in [0.1, 0.15) is 36.5 Å². The summed E-state index contributed by atoms with van der Waals surface area (Å²) >= 11 is 0. The highest BCUT2D eigenvalue weighted by atomic mass is 15.0. The summed E-state index contributed by atoms with van der Waals surface area (Å²) in [5.74, 6) is 0.602. The van der Waals surface area contributed by atoms with E-state index < -0.39 is 0 Å². The fourth-order valence-electron chi connectivity index (χ4n) is 3.78. The van der Waals surface area contributed by atoms with Crippen LogP contribution < -0.4 is 11.5 Å². The van der Waals surface area contributed by atoms with E-state index in [4.69, 9.17) is 11.5 Å². The van der Waals surface area contributed by atoms with Crippen LogP contribution >= 0.6 is 0 Å². The number of rotatable bonds is 2. The highest BCUT2D eigenvalue weighted by Crippen LogP contribution is 2.38. The summed E-state index contributed by atoms with van der Waals surface area (Å²) in [4.78, 5) is 8.46. The first-order valence-electron chi connectivity index (χ1n) is 9.50. The molecule has 1 aliphatic rings. The zero-order valence-corrected chi connectivity index (χ0v) is 16.2. The Morgan fingerprint density at radius 3 is 2.61 bits per heavy atom. The van der Waals surface area contributed by atoms with E-state index in [0.29, 0.717) is 5.82 Å². The number of nitrogens with two attached hydrogens (primary N) is 2. The first kappa shape index (κ1) is 18.0. The molecule has 4 N–H and O–H groups in total. The van der Waals surface area contributed by atoms with Crippen LogP contribution in [0, 0.1) is 6.92 Å². The number of anilines is 2. The molecule has 3 aromatic rings. The molecule has 0 unspecified atom stereocenters. The number of aryl methyl sites for hydroxylation is 1. The minimum Gasteiger partial charge on any atom is -0.383 e. The molecular weight excluding hydrogens is 344 g/mol. The third kappa shape index (κ3) is 3.41. The van der Waals surface area contributed by atoms with Gasteiger partial charge in [-0.15, -0.1) is 0 Å². The second-order valence-electron chi connectivity index (χ2n) is 7.27. The third-order valence-corrected chi connectivity index (χ3v) is 5.14. The second-order valence-corrected chi connectivity index (χ2v) is 7.27. The van der Waals surface area contributed by atoms with Gasteiger partial charge < -0.3 is 11.5 Å². The van der Waals surface area contributed by atoms with E-state index in [0.717, 1.165) is 29.3 Å². The molecule has 1 aliphatic carbocycles. The fraction of sp³-hybridized carbons (Fsp3) is 0.167. The number of hydrogen-bond acceptors (Lipinski definition) is 4. The molecule has 0 saturated carbocycles. The Hall–Kier alpha value is -3.40. The number of allylic oxidation sites excluding steroid dienone is 6. The second kappa shape index (κ2) is 7.31. The lowest BCUT2D eigenvalue weighted by Gasteiger charge is -2.19. The average molecular weight is 368 g/mol. The minimum atomic E-state index is 0.194. The molecule has 4 heteroatoms. The van der Waals surface area contributed by atoms with Gasteiger partial charge in [-0.25, -0.2) is 4.98 Å². The summed E-state index contributed by atoms with van der Waals surface area (Å²) in [5, 5.41) is 0.817. The summed E-state index contributed by atoms with van der Waals surface area (Å²) in [7, 11) is 0. The van der Waals surface area contributed by atoms with Gasteiger partial charge in [0, 0.05) is 5.39 Å².